The van der Waals surface area contributed by atoms with Crippen molar-refractivity contribution in [2.45, 2.75) is 59.7 Å². The Hall–Kier alpha value is -1.30. The van der Waals surface area contributed by atoms with Crippen molar-refractivity contribution in [2.75, 3.05) is 26.2 Å². The van der Waals surface area contributed by atoms with Gasteiger partial charge in [-0.2, -0.15) is 0 Å². The van der Waals surface area contributed by atoms with E-state index in [0.717, 1.165) is 0 Å². The monoisotopic (exact) mass is 328 g/mol. The molecular formula is C17H32N2O4. The average molecular weight is 328 g/mol. The summed E-state index contributed by atoms with van der Waals surface area (Å²) < 4.78 is 5.25. The van der Waals surface area contributed by atoms with E-state index in [4.69, 9.17) is 4.74 Å². The van der Waals surface area contributed by atoms with Gasteiger partial charge >= 0.3 is 6.09 Å². The predicted octanol–water partition coefficient (Wildman–Crippen LogP) is 2.11. The lowest BCUT2D eigenvalue weighted by molar-refractivity contribution is -0.135. The largest absolute Gasteiger partial charge is 0.447 e. The number of ether oxygens (including phenoxy) is 1. The van der Waals surface area contributed by atoms with E-state index < -0.39 is 11.7 Å². The lowest BCUT2D eigenvalue weighted by Crippen LogP contribution is -2.52. The smallest absolute Gasteiger partial charge is 0.410 e. The van der Waals surface area contributed by atoms with Crippen LogP contribution >= 0.6 is 0 Å². The Kier molecular flexibility index (Phi) is 6.86. The summed E-state index contributed by atoms with van der Waals surface area (Å²) in [6.45, 7) is 12.6. The van der Waals surface area contributed by atoms with Crippen LogP contribution in [0.3, 0.4) is 0 Å². The third kappa shape index (κ3) is 5.68. The number of carbonyl (C=O) groups is 2. The Morgan fingerprint density at radius 1 is 1.04 bits per heavy atom. The first-order valence-electron chi connectivity index (χ1n) is 8.51. The van der Waals surface area contributed by atoms with E-state index in [0.29, 0.717) is 19.5 Å². The molecule has 1 unspecified atom stereocenters. The maximum Gasteiger partial charge on any atom is 0.410 e. The van der Waals surface area contributed by atoms with Gasteiger partial charge in [0.05, 0.1) is 19.2 Å². The standard InChI is InChI=1S/C17H32N2O4/c1-12(2)9-15(20)18-7-8-19(16(21)23-14(5)6)11-17(22,10-18)13(3)4/h12-14,22H,7-11H2,1-6H3. The van der Waals surface area contributed by atoms with Gasteiger partial charge in [-0.25, -0.2) is 4.79 Å². The van der Waals surface area contributed by atoms with Gasteiger partial charge in [0.15, 0.2) is 0 Å². The molecule has 6 nitrogen and oxygen atoms in total. The minimum atomic E-state index is -1.13. The van der Waals surface area contributed by atoms with Crippen molar-refractivity contribution in [3.8, 4) is 0 Å². The van der Waals surface area contributed by atoms with Crippen molar-refractivity contribution in [1.82, 2.24) is 9.80 Å². The summed E-state index contributed by atoms with van der Waals surface area (Å²) in [5, 5.41) is 11.0. The second-order valence-electron chi connectivity index (χ2n) is 7.53. The maximum absolute atomic E-state index is 12.4. The normalized spacial score (nSPS) is 22.7. The Balaban J connectivity index is 2.92. The zero-order chi connectivity index (χ0) is 17.8. The van der Waals surface area contributed by atoms with Gasteiger partial charge in [0.2, 0.25) is 5.91 Å². The molecule has 0 saturated carbocycles. The van der Waals surface area contributed by atoms with Crippen LogP contribution in [0.4, 0.5) is 4.79 Å². The predicted molar refractivity (Wildman–Crippen MR) is 89.0 cm³/mol. The molecule has 1 rings (SSSR count). The lowest BCUT2D eigenvalue weighted by Gasteiger charge is -2.36. The van der Waals surface area contributed by atoms with E-state index in [1.807, 2.05) is 27.7 Å². The number of aliphatic hydroxyl groups is 1. The summed E-state index contributed by atoms with van der Waals surface area (Å²) in [6.07, 6.45) is -0.196. The number of hydrogen-bond acceptors (Lipinski definition) is 4. The van der Waals surface area contributed by atoms with Crippen molar-refractivity contribution < 1.29 is 19.4 Å². The van der Waals surface area contributed by atoms with Gasteiger partial charge in [-0.05, 0) is 25.7 Å². The van der Waals surface area contributed by atoms with E-state index in [1.54, 1.807) is 18.7 Å². The third-order valence-electron chi connectivity index (χ3n) is 4.17. The van der Waals surface area contributed by atoms with Gasteiger partial charge in [0, 0.05) is 19.5 Å². The zero-order valence-corrected chi connectivity index (χ0v) is 15.3. The fourth-order valence-corrected chi connectivity index (χ4v) is 2.60. The Labute approximate surface area is 139 Å². The second-order valence-corrected chi connectivity index (χ2v) is 7.53. The molecule has 1 saturated heterocycles. The van der Waals surface area contributed by atoms with Crippen LogP contribution in [-0.2, 0) is 9.53 Å². The van der Waals surface area contributed by atoms with E-state index >= 15 is 0 Å². The molecule has 1 fully saturated rings. The number of nitrogens with zero attached hydrogens (tertiary/aromatic N) is 2. The van der Waals surface area contributed by atoms with Gasteiger partial charge in [0.25, 0.3) is 0 Å². The molecule has 1 aliphatic heterocycles. The fourth-order valence-electron chi connectivity index (χ4n) is 2.60. The fraction of sp³-hybridized carbons (Fsp3) is 0.882. The van der Waals surface area contributed by atoms with Gasteiger partial charge in [0.1, 0.15) is 5.60 Å². The van der Waals surface area contributed by atoms with Crippen LogP contribution in [-0.4, -0.2) is 64.8 Å². The zero-order valence-electron chi connectivity index (χ0n) is 15.3. The molecule has 0 aromatic rings. The molecule has 0 aromatic carbocycles. The third-order valence-corrected chi connectivity index (χ3v) is 4.17. The summed E-state index contributed by atoms with van der Waals surface area (Å²) in [6, 6.07) is 0. The van der Waals surface area contributed by atoms with Crippen molar-refractivity contribution >= 4 is 12.0 Å². The minimum absolute atomic E-state index is 0.0261. The molecule has 1 heterocycles. The molecule has 1 aliphatic rings. The number of amides is 2. The van der Waals surface area contributed by atoms with E-state index in [1.165, 1.54) is 4.90 Å². The van der Waals surface area contributed by atoms with Crippen LogP contribution in [0.1, 0.15) is 48.0 Å². The number of β-amino-alcohol motifs (C(OH)–C–C–N with tert-alkyl or cyclic N) is 1. The van der Waals surface area contributed by atoms with E-state index in [9.17, 15) is 14.7 Å². The SMILES string of the molecule is CC(C)CC(=O)N1CCN(C(=O)OC(C)C)CC(O)(C(C)C)C1. The Morgan fingerprint density at radius 2 is 1.57 bits per heavy atom. The van der Waals surface area contributed by atoms with Crippen LogP contribution in [0, 0.1) is 11.8 Å². The van der Waals surface area contributed by atoms with Crippen LogP contribution in [0.15, 0.2) is 0 Å². The summed E-state index contributed by atoms with van der Waals surface area (Å²) in [7, 11) is 0. The number of carbonyl (C=O) groups excluding carboxylic acids is 2. The van der Waals surface area contributed by atoms with Gasteiger partial charge < -0.3 is 19.6 Å². The number of rotatable bonds is 4. The second kappa shape index (κ2) is 7.99. The van der Waals surface area contributed by atoms with E-state index in [2.05, 4.69) is 0 Å². The maximum atomic E-state index is 12.4. The molecule has 0 bridgehead atoms. The molecule has 23 heavy (non-hydrogen) atoms. The molecule has 0 aromatic heterocycles. The first-order chi connectivity index (χ1) is 10.5. The molecule has 1 N–H and O–H groups in total. The highest BCUT2D eigenvalue weighted by atomic mass is 16.6. The van der Waals surface area contributed by atoms with Crippen LogP contribution in [0.5, 0.6) is 0 Å². The molecule has 0 radical (unpaired) electrons. The van der Waals surface area contributed by atoms with Crippen molar-refractivity contribution in [2.24, 2.45) is 11.8 Å². The van der Waals surface area contributed by atoms with Crippen molar-refractivity contribution in [1.29, 1.82) is 0 Å². The van der Waals surface area contributed by atoms with Crippen molar-refractivity contribution in [3.63, 3.8) is 0 Å². The molecule has 0 aliphatic carbocycles. The van der Waals surface area contributed by atoms with E-state index in [-0.39, 0.29) is 36.9 Å². The highest BCUT2D eigenvalue weighted by Crippen LogP contribution is 2.24. The molecule has 2 amide bonds. The minimum Gasteiger partial charge on any atom is -0.447 e. The molecule has 134 valence electrons. The lowest BCUT2D eigenvalue weighted by atomic mass is 9.89. The van der Waals surface area contributed by atoms with Gasteiger partial charge in [-0.15, -0.1) is 0 Å². The highest BCUT2D eigenvalue weighted by Gasteiger charge is 2.40. The molecule has 1 atom stereocenters. The highest BCUT2D eigenvalue weighted by molar-refractivity contribution is 5.76. The first kappa shape index (κ1) is 19.7. The average Bonchev–Trinajstić information content (AvgIpc) is 2.57. The topological polar surface area (TPSA) is 70.1 Å². The van der Waals surface area contributed by atoms with Gasteiger partial charge in [-0.3, -0.25) is 4.79 Å². The Bertz CT molecular complexity index is 389. The quantitative estimate of drug-likeness (QED) is 0.858. The molecule has 0 spiro atoms. The van der Waals surface area contributed by atoms with Crippen LogP contribution in [0.25, 0.3) is 0 Å². The Morgan fingerprint density at radius 3 is 2.04 bits per heavy atom. The summed E-state index contributed by atoms with van der Waals surface area (Å²) >= 11 is 0. The molecular weight excluding hydrogens is 296 g/mol. The number of hydrogen-bond donors (Lipinski definition) is 1. The van der Waals surface area contributed by atoms with Gasteiger partial charge in [-0.1, -0.05) is 27.7 Å². The van der Waals surface area contributed by atoms with Crippen molar-refractivity contribution in [3.05, 3.63) is 0 Å². The molecule has 6 heteroatoms. The summed E-state index contributed by atoms with van der Waals surface area (Å²) in [5.41, 5.74) is -1.13. The summed E-state index contributed by atoms with van der Waals surface area (Å²) in [5.74, 6) is 0.211. The van der Waals surface area contributed by atoms with Crippen LogP contribution in [0.2, 0.25) is 0 Å². The first-order valence-corrected chi connectivity index (χ1v) is 8.51. The van der Waals surface area contributed by atoms with Crippen LogP contribution < -0.4 is 0 Å². The summed E-state index contributed by atoms with van der Waals surface area (Å²) in [4.78, 5) is 27.8.